The van der Waals surface area contributed by atoms with Crippen LogP contribution < -0.4 is 4.74 Å². The van der Waals surface area contributed by atoms with Crippen LogP contribution in [0.25, 0.3) is 22.2 Å². The van der Waals surface area contributed by atoms with Crippen LogP contribution >= 0.6 is 0 Å². The third-order valence-corrected chi connectivity index (χ3v) is 5.02. The lowest BCUT2D eigenvalue weighted by Crippen LogP contribution is -2.01. The number of hydrogen-bond acceptors (Lipinski definition) is 4. The molecule has 31 heavy (non-hydrogen) atoms. The monoisotopic (exact) mass is 416 g/mol. The fourth-order valence-electron chi connectivity index (χ4n) is 3.55. The molecule has 2 heterocycles. The van der Waals surface area contributed by atoms with Crippen molar-refractivity contribution in [2.45, 2.75) is 20.0 Å². The molecule has 0 fully saturated rings. The smallest absolute Gasteiger partial charge is 0.352 e. The minimum atomic E-state index is -1.00. The lowest BCUT2D eigenvalue weighted by Gasteiger charge is -2.10. The van der Waals surface area contributed by atoms with Crippen LogP contribution in [0.15, 0.2) is 66.9 Å². The molecule has 0 atom stereocenters. The number of carboxylic acid groups (broad SMARTS) is 1. The first kappa shape index (κ1) is 20.6. The van der Waals surface area contributed by atoms with E-state index in [1.165, 1.54) is 0 Å². The van der Waals surface area contributed by atoms with Gasteiger partial charge in [-0.05, 0) is 42.7 Å². The zero-order valence-electron chi connectivity index (χ0n) is 17.3. The Bertz CT molecular complexity index is 1180. The Balaban J connectivity index is 1.61. The number of aromatic nitrogens is 2. The summed E-state index contributed by atoms with van der Waals surface area (Å²) in [6, 6.07) is 19.3. The van der Waals surface area contributed by atoms with Crippen LogP contribution in [0.1, 0.15) is 28.5 Å². The van der Waals surface area contributed by atoms with Gasteiger partial charge in [0.05, 0.1) is 31.0 Å². The zero-order chi connectivity index (χ0) is 21.6. The van der Waals surface area contributed by atoms with Gasteiger partial charge >= 0.3 is 5.97 Å². The Labute approximate surface area is 180 Å². The van der Waals surface area contributed by atoms with E-state index in [-0.39, 0.29) is 5.69 Å². The number of nitrogens with zero attached hydrogens (tertiary/aromatic N) is 1. The summed E-state index contributed by atoms with van der Waals surface area (Å²) in [7, 11) is 0. The fraction of sp³-hybridized carbons (Fsp3) is 0.200. The van der Waals surface area contributed by atoms with Gasteiger partial charge in [-0.1, -0.05) is 42.5 Å². The molecule has 0 saturated heterocycles. The topological polar surface area (TPSA) is 84.4 Å². The van der Waals surface area contributed by atoms with Crippen molar-refractivity contribution < 1.29 is 19.4 Å². The van der Waals surface area contributed by atoms with Crippen molar-refractivity contribution in [1.29, 1.82) is 0 Å². The Morgan fingerprint density at radius 3 is 2.71 bits per heavy atom. The molecule has 2 aromatic heterocycles. The second-order valence-corrected chi connectivity index (χ2v) is 7.16. The normalized spacial score (nSPS) is 11.0. The zero-order valence-corrected chi connectivity index (χ0v) is 17.3. The molecule has 6 nitrogen and oxygen atoms in total. The standard InChI is InChI=1S/C25H24N2O4/c1-2-31-20-10-6-9-18(13-20)23-21-14-22(25(28)29)27-24(21)19(15-26-23)11-12-30-16-17-7-4-3-5-8-17/h3-10,13-15,27H,2,11-12,16H2,1H3,(H,28,29). The van der Waals surface area contributed by atoms with E-state index in [1.807, 2.05) is 61.5 Å². The number of aromatic carboxylic acids is 1. The van der Waals surface area contributed by atoms with E-state index in [9.17, 15) is 9.90 Å². The summed E-state index contributed by atoms with van der Waals surface area (Å²) in [5, 5.41) is 10.3. The number of pyridine rings is 1. The van der Waals surface area contributed by atoms with Crippen LogP contribution in [0.2, 0.25) is 0 Å². The van der Waals surface area contributed by atoms with Gasteiger partial charge in [-0.15, -0.1) is 0 Å². The summed E-state index contributed by atoms with van der Waals surface area (Å²) in [5.41, 5.74) is 4.53. The van der Waals surface area contributed by atoms with Crippen LogP contribution in [-0.4, -0.2) is 34.3 Å². The Kier molecular flexibility index (Phi) is 6.29. The van der Waals surface area contributed by atoms with Crippen molar-refractivity contribution in [3.05, 3.63) is 83.7 Å². The molecule has 6 heteroatoms. The summed E-state index contributed by atoms with van der Waals surface area (Å²) in [6.45, 7) is 3.54. The van der Waals surface area contributed by atoms with Crippen molar-refractivity contribution in [2.75, 3.05) is 13.2 Å². The SMILES string of the molecule is CCOc1cccc(-c2ncc(CCOCc3ccccc3)c3[nH]c(C(=O)O)cc23)c1. The molecule has 0 saturated carbocycles. The minimum absolute atomic E-state index is 0.136. The number of ether oxygens (including phenoxy) is 2. The summed E-state index contributed by atoms with van der Waals surface area (Å²) in [5.74, 6) is -0.251. The molecule has 4 aromatic rings. The van der Waals surface area contributed by atoms with Crippen LogP contribution in [0.4, 0.5) is 0 Å². The van der Waals surface area contributed by atoms with Gasteiger partial charge in [-0.25, -0.2) is 4.79 Å². The average molecular weight is 416 g/mol. The van der Waals surface area contributed by atoms with E-state index in [1.54, 1.807) is 12.3 Å². The molecule has 0 aliphatic rings. The molecular weight excluding hydrogens is 392 g/mol. The number of nitrogens with one attached hydrogen (secondary N) is 1. The fourth-order valence-corrected chi connectivity index (χ4v) is 3.55. The van der Waals surface area contributed by atoms with Crippen molar-refractivity contribution >= 4 is 16.9 Å². The second-order valence-electron chi connectivity index (χ2n) is 7.16. The Morgan fingerprint density at radius 2 is 1.94 bits per heavy atom. The van der Waals surface area contributed by atoms with Gasteiger partial charge < -0.3 is 19.6 Å². The Morgan fingerprint density at radius 1 is 1.10 bits per heavy atom. The minimum Gasteiger partial charge on any atom is -0.494 e. The van der Waals surface area contributed by atoms with Crippen molar-refractivity contribution in [3.63, 3.8) is 0 Å². The molecule has 4 rings (SSSR count). The number of H-pyrrole nitrogens is 1. The summed E-state index contributed by atoms with van der Waals surface area (Å²) in [4.78, 5) is 19.3. The number of carbonyl (C=O) groups is 1. The van der Waals surface area contributed by atoms with Gasteiger partial charge in [-0.3, -0.25) is 4.98 Å². The van der Waals surface area contributed by atoms with E-state index in [4.69, 9.17) is 9.47 Å². The summed E-state index contributed by atoms with van der Waals surface area (Å²) >= 11 is 0. The predicted octanol–water partition coefficient (Wildman–Crippen LogP) is 5.09. The highest BCUT2D eigenvalue weighted by Gasteiger charge is 2.16. The third kappa shape index (κ3) is 4.75. The molecule has 2 N–H and O–H groups in total. The Hall–Kier alpha value is -3.64. The number of aromatic amines is 1. The van der Waals surface area contributed by atoms with Crippen molar-refractivity contribution in [1.82, 2.24) is 9.97 Å². The number of benzene rings is 2. The van der Waals surface area contributed by atoms with Crippen LogP contribution in [0, 0.1) is 0 Å². The molecule has 0 amide bonds. The predicted molar refractivity (Wildman–Crippen MR) is 119 cm³/mol. The van der Waals surface area contributed by atoms with Crippen LogP contribution in [-0.2, 0) is 17.8 Å². The first-order valence-electron chi connectivity index (χ1n) is 10.2. The third-order valence-electron chi connectivity index (χ3n) is 5.02. The van der Waals surface area contributed by atoms with Crippen LogP contribution in [0.3, 0.4) is 0 Å². The van der Waals surface area contributed by atoms with Crippen molar-refractivity contribution in [2.24, 2.45) is 0 Å². The molecule has 0 radical (unpaired) electrons. The van der Waals surface area contributed by atoms with E-state index in [0.717, 1.165) is 33.3 Å². The van der Waals surface area contributed by atoms with Gasteiger partial charge in [-0.2, -0.15) is 0 Å². The highest BCUT2D eigenvalue weighted by molar-refractivity contribution is 6.00. The first-order chi connectivity index (χ1) is 15.2. The van der Waals surface area contributed by atoms with Crippen LogP contribution in [0.5, 0.6) is 5.75 Å². The van der Waals surface area contributed by atoms with Crippen molar-refractivity contribution in [3.8, 4) is 17.0 Å². The maximum atomic E-state index is 11.6. The van der Waals surface area contributed by atoms with Gasteiger partial charge in [0, 0.05) is 17.1 Å². The van der Waals surface area contributed by atoms with Gasteiger partial charge in [0.1, 0.15) is 11.4 Å². The highest BCUT2D eigenvalue weighted by atomic mass is 16.5. The number of hydrogen-bond donors (Lipinski definition) is 2. The second kappa shape index (κ2) is 9.45. The molecule has 0 spiro atoms. The number of rotatable bonds is 9. The molecule has 0 aliphatic heterocycles. The van der Waals surface area contributed by atoms with E-state index >= 15 is 0 Å². The first-order valence-corrected chi connectivity index (χ1v) is 10.2. The lowest BCUT2D eigenvalue weighted by molar-refractivity contribution is 0.0691. The molecule has 0 aliphatic carbocycles. The quantitative estimate of drug-likeness (QED) is 0.372. The van der Waals surface area contributed by atoms with E-state index in [2.05, 4.69) is 9.97 Å². The summed E-state index contributed by atoms with van der Waals surface area (Å²) < 4.78 is 11.4. The maximum Gasteiger partial charge on any atom is 0.352 e. The van der Waals surface area contributed by atoms with E-state index in [0.29, 0.717) is 31.9 Å². The lowest BCUT2D eigenvalue weighted by atomic mass is 10.0. The largest absolute Gasteiger partial charge is 0.494 e. The van der Waals surface area contributed by atoms with Gasteiger partial charge in [0.15, 0.2) is 0 Å². The number of carboxylic acids is 1. The highest BCUT2D eigenvalue weighted by Crippen LogP contribution is 2.31. The summed E-state index contributed by atoms with van der Waals surface area (Å²) in [6.07, 6.45) is 2.41. The van der Waals surface area contributed by atoms with Gasteiger partial charge in [0.2, 0.25) is 0 Å². The maximum absolute atomic E-state index is 11.6. The molecule has 0 bridgehead atoms. The molecule has 2 aromatic carbocycles. The molecule has 0 unspecified atom stereocenters. The van der Waals surface area contributed by atoms with Gasteiger partial charge in [0.25, 0.3) is 0 Å². The molecule has 158 valence electrons. The molecular formula is C25H24N2O4. The number of fused-ring (bicyclic) bond motifs is 1. The average Bonchev–Trinajstić information content (AvgIpc) is 3.24. The van der Waals surface area contributed by atoms with E-state index < -0.39 is 5.97 Å².